The lowest BCUT2D eigenvalue weighted by molar-refractivity contribution is 0.410. The van der Waals surface area contributed by atoms with Crippen LogP contribution in [0.1, 0.15) is 24.7 Å². The number of halogens is 3. The fraction of sp³-hybridized carbons (Fsp3) is 0.333. The van der Waals surface area contributed by atoms with Crippen LogP contribution in [0.5, 0.6) is 0 Å². The van der Waals surface area contributed by atoms with Crippen molar-refractivity contribution in [3.8, 4) is 11.5 Å². The normalized spacial score (nSPS) is 19.0. The molecule has 19 heavy (non-hydrogen) atoms. The van der Waals surface area contributed by atoms with Gasteiger partial charge in [-0.1, -0.05) is 5.16 Å². The summed E-state index contributed by atoms with van der Waals surface area (Å²) in [5.74, 6) is -3.66. The number of nitrogens with one attached hydrogen (secondary N) is 1. The van der Waals surface area contributed by atoms with Crippen molar-refractivity contribution >= 4 is 0 Å². The number of aromatic nitrogens is 2. The molecule has 100 valence electrons. The summed E-state index contributed by atoms with van der Waals surface area (Å²) in [6.07, 6.45) is 1.89. The second kappa shape index (κ2) is 4.65. The minimum atomic E-state index is -1.51. The SMILES string of the molecule is Fc1cc(-c2nc(C3CCCN3)no2)cc(F)c1F. The van der Waals surface area contributed by atoms with Gasteiger partial charge >= 0.3 is 0 Å². The monoisotopic (exact) mass is 269 g/mol. The Balaban J connectivity index is 1.94. The Morgan fingerprint density at radius 3 is 2.58 bits per heavy atom. The zero-order chi connectivity index (χ0) is 13.4. The maximum Gasteiger partial charge on any atom is 0.258 e. The topological polar surface area (TPSA) is 51.0 Å². The van der Waals surface area contributed by atoms with Crippen LogP contribution in [0, 0.1) is 17.5 Å². The molecule has 0 amide bonds. The molecule has 1 unspecified atom stereocenters. The quantitative estimate of drug-likeness (QED) is 0.851. The fourth-order valence-electron chi connectivity index (χ4n) is 2.08. The van der Waals surface area contributed by atoms with E-state index in [-0.39, 0.29) is 17.5 Å². The molecule has 3 rings (SSSR count). The molecule has 1 aliphatic heterocycles. The molecular formula is C12H10F3N3O. The summed E-state index contributed by atoms with van der Waals surface area (Å²) in [4.78, 5) is 4.08. The van der Waals surface area contributed by atoms with Gasteiger partial charge in [0.05, 0.1) is 6.04 Å². The van der Waals surface area contributed by atoms with Crippen LogP contribution in [0.2, 0.25) is 0 Å². The van der Waals surface area contributed by atoms with Gasteiger partial charge in [-0.05, 0) is 31.5 Å². The Bertz CT molecular complexity index is 585. The van der Waals surface area contributed by atoms with Gasteiger partial charge < -0.3 is 9.84 Å². The molecule has 7 heteroatoms. The molecule has 1 aromatic heterocycles. The summed E-state index contributed by atoms with van der Waals surface area (Å²) in [5.41, 5.74) is 0.0214. The van der Waals surface area contributed by atoms with Gasteiger partial charge in [-0.3, -0.25) is 0 Å². The van der Waals surface area contributed by atoms with Gasteiger partial charge in [0, 0.05) is 5.56 Å². The van der Waals surface area contributed by atoms with Crippen LogP contribution in [-0.2, 0) is 0 Å². The number of nitrogens with zero attached hydrogens (tertiary/aromatic N) is 2. The minimum Gasteiger partial charge on any atom is -0.334 e. The summed E-state index contributed by atoms with van der Waals surface area (Å²) in [6.45, 7) is 0.869. The molecule has 1 aliphatic rings. The van der Waals surface area contributed by atoms with Crippen molar-refractivity contribution in [2.45, 2.75) is 18.9 Å². The predicted molar refractivity (Wildman–Crippen MR) is 59.6 cm³/mol. The molecule has 4 nitrogen and oxygen atoms in total. The Kier molecular flexibility index (Phi) is 2.98. The van der Waals surface area contributed by atoms with Crippen LogP contribution in [0.25, 0.3) is 11.5 Å². The maximum atomic E-state index is 13.1. The lowest BCUT2D eigenvalue weighted by atomic mass is 10.2. The first-order chi connectivity index (χ1) is 9.15. The third-order valence-electron chi connectivity index (χ3n) is 3.04. The van der Waals surface area contributed by atoms with Gasteiger partial charge in [-0.2, -0.15) is 4.98 Å². The van der Waals surface area contributed by atoms with Gasteiger partial charge in [-0.25, -0.2) is 13.2 Å². The molecule has 2 aromatic rings. The first-order valence-electron chi connectivity index (χ1n) is 5.87. The molecule has 0 spiro atoms. The summed E-state index contributed by atoms with van der Waals surface area (Å²) >= 11 is 0. The largest absolute Gasteiger partial charge is 0.334 e. The Hall–Kier alpha value is -1.89. The second-order valence-electron chi connectivity index (χ2n) is 4.36. The van der Waals surface area contributed by atoms with Crippen LogP contribution in [-0.4, -0.2) is 16.7 Å². The standard InChI is InChI=1S/C12H10F3N3O/c13-7-4-6(5-8(14)10(7)15)12-17-11(18-19-12)9-2-1-3-16-9/h4-5,9,16H,1-3H2. The Morgan fingerprint density at radius 1 is 1.21 bits per heavy atom. The zero-order valence-corrected chi connectivity index (χ0v) is 9.79. The van der Waals surface area contributed by atoms with E-state index >= 15 is 0 Å². The molecule has 0 radical (unpaired) electrons. The van der Waals surface area contributed by atoms with Crippen LogP contribution in [0.15, 0.2) is 16.7 Å². The lowest BCUT2D eigenvalue weighted by Gasteiger charge is -2.01. The summed E-state index contributed by atoms with van der Waals surface area (Å²) < 4.78 is 44.0. The lowest BCUT2D eigenvalue weighted by Crippen LogP contribution is -2.14. The molecule has 1 aromatic carbocycles. The minimum absolute atomic E-state index is 0.00681. The molecule has 1 N–H and O–H groups in total. The average molecular weight is 269 g/mol. The Labute approximate surface area is 106 Å². The molecule has 2 heterocycles. The number of hydrogen-bond acceptors (Lipinski definition) is 4. The summed E-state index contributed by atoms with van der Waals surface area (Å²) in [5, 5.41) is 6.95. The highest BCUT2D eigenvalue weighted by Gasteiger charge is 2.23. The Morgan fingerprint density at radius 2 is 1.95 bits per heavy atom. The predicted octanol–water partition coefficient (Wildman–Crippen LogP) is 2.58. The van der Waals surface area contributed by atoms with Gasteiger partial charge in [0.15, 0.2) is 23.3 Å². The van der Waals surface area contributed by atoms with Crippen LogP contribution < -0.4 is 5.32 Å². The van der Waals surface area contributed by atoms with Crippen molar-refractivity contribution in [3.05, 3.63) is 35.4 Å². The fourth-order valence-corrected chi connectivity index (χ4v) is 2.08. The summed E-state index contributed by atoms with van der Waals surface area (Å²) in [6, 6.07) is 1.66. The van der Waals surface area contributed by atoms with E-state index < -0.39 is 17.5 Å². The van der Waals surface area contributed by atoms with E-state index in [2.05, 4.69) is 15.5 Å². The molecule has 1 saturated heterocycles. The van der Waals surface area contributed by atoms with Gasteiger partial charge in [0.1, 0.15) is 0 Å². The second-order valence-corrected chi connectivity index (χ2v) is 4.36. The third kappa shape index (κ3) is 2.21. The van der Waals surface area contributed by atoms with Crippen molar-refractivity contribution in [1.82, 2.24) is 15.5 Å². The molecule has 0 bridgehead atoms. The highest BCUT2D eigenvalue weighted by atomic mass is 19.2. The van der Waals surface area contributed by atoms with Gasteiger partial charge in [0.2, 0.25) is 0 Å². The van der Waals surface area contributed by atoms with E-state index in [1.54, 1.807) is 0 Å². The third-order valence-corrected chi connectivity index (χ3v) is 3.04. The highest BCUT2D eigenvalue weighted by molar-refractivity contribution is 5.53. The number of hydrogen-bond donors (Lipinski definition) is 1. The van der Waals surface area contributed by atoms with E-state index in [0.29, 0.717) is 5.82 Å². The van der Waals surface area contributed by atoms with Gasteiger partial charge in [-0.15, -0.1) is 0 Å². The van der Waals surface area contributed by atoms with Crippen LogP contribution >= 0.6 is 0 Å². The first kappa shape index (κ1) is 12.2. The molecule has 1 fully saturated rings. The van der Waals surface area contributed by atoms with E-state index in [1.807, 2.05) is 0 Å². The zero-order valence-electron chi connectivity index (χ0n) is 9.79. The molecule has 0 saturated carbocycles. The maximum absolute atomic E-state index is 13.1. The van der Waals surface area contributed by atoms with Gasteiger partial charge in [0.25, 0.3) is 5.89 Å². The van der Waals surface area contributed by atoms with Crippen molar-refractivity contribution < 1.29 is 17.7 Å². The average Bonchev–Trinajstić information content (AvgIpc) is 3.05. The van der Waals surface area contributed by atoms with E-state index in [0.717, 1.165) is 31.5 Å². The van der Waals surface area contributed by atoms with Crippen molar-refractivity contribution in [2.24, 2.45) is 0 Å². The molecule has 1 atom stereocenters. The van der Waals surface area contributed by atoms with Crippen molar-refractivity contribution in [2.75, 3.05) is 6.54 Å². The smallest absolute Gasteiger partial charge is 0.258 e. The van der Waals surface area contributed by atoms with E-state index in [4.69, 9.17) is 4.52 Å². The number of benzene rings is 1. The number of rotatable bonds is 2. The molecular weight excluding hydrogens is 259 g/mol. The van der Waals surface area contributed by atoms with E-state index in [9.17, 15) is 13.2 Å². The van der Waals surface area contributed by atoms with Crippen LogP contribution in [0.3, 0.4) is 0 Å². The van der Waals surface area contributed by atoms with Crippen LogP contribution in [0.4, 0.5) is 13.2 Å². The highest BCUT2D eigenvalue weighted by Crippen LogP contribution is 2.26. The van der Waals surface area contributed by atoms with E-state index in [1.165, 1.54) is 0 Å². The van der Waals surface area contributed by atoms with Crippen molar-refractivity contribution in [1.29, 1.82) is 0 Å². The molecule has 0 aliphatic carbocycles. The first-order valence-corrected chi connectivity index (χ1v) is 5.87. The summed E-state index contributed by atoms with van der Waals surface area (Å²) in [7, 11) is 0. The van der Waals surface area contributed by atoms with Crippen molar-refractivity contribution in [3.63, 3.8) is 0 Å².